The molecule has 0 amide bonds. The van der Waals surface area contributed by atoms with Crippen molar-refractivity contribution < 1.29 is 5.11 Å². The Kier molecular flexibility index (Phi) is 3.93. The molecule has 1 unspecified atom stereocenters. The third-order valence-corrected chi connectivity index (χ3v) is 2.54. The molecule has 0 aromatic heterocycles. The molecular formula is C11H24N2O. The van der Waals surface area contributed by atoms with Crippen molar-refractivity contribution >= 4 is 0 Å². The molecule has 0 bridgehead atoms. The van der Waals surface area contributed by atoms with E-state index in [1.165, 1.54) is 12.8 Å². The molecule has 1 atom stereocenters. The summed E-state index contributed by atoms with van der Waals surface area (Å²) in [4.78, 5) is 2.26. The van der Waals surface area contributed by atoms with Gasteiger partial charge in [-0.05, 0) is 40.7 Å². The van der Waals surface area contributed by atoms with Gasteiger partial charge in [-0.25, -0.2) is 0 Å². The van der Waals surface area contributed by atoms with Gasteiger partial charge in [0, 0.05) is 24.7 Å². The zero-order valence-corrected chi connectivity index (χ0v) is 9.88. The van der Waals surface area contributed by atoms with Gasteiger partial charge in [0.1, 0.15) is 0 Å². The number of nitrogens with one attached hydrogen (secondary N) is 1. The standard InChI is InChI=1S/C11H24N2O/c1-11(2,3)12-7-10(14)8-13(4)9-5-6-9/h9-10,12,14H,5-8H2,1-4H3. The number of aliphatic hydroxyl groups excluding tert-OH is 1. The molecule has 1 fully saturated rings. The molecule has 0 aliphatic heterocycles. The summed E-state index contributed by atoms with van der Waals surface area (Å²) >= 11 is 0. The summed E-state index contributed by atoms with van der Waals surface area (Å²) in [6, 6.07) is 0.735. The first-order chi connectivity index (χ1) is 6.38. The molecule has 1 aliphatic carbocycles. The zero-order valence-electron chi connectivity index (χ0n) is 9.88. The summed E-state index contributed by atoms with van der Waals surface area (Å²) in [6.07, 6.45) is 2.35. The Morgan fingerprint density at radius 3 is 2.43 bits per heavy atom. The lowest BCUT2D eigenvalue weighted by Gasteiger charge is -2.25. The van der Waals surface area contributed by atoms with E-state index in [1.54, 1.807) is 0 Å². The van der Waals surface area contributed by atoms with E-state index in [9.17, 15) is 5.11 Å². The molecular weight excluding hydrogens is 176 g/mol. The maximum absolute atomic E-state index is 9.76. The third-order valence-electron chi connectivity index (χ3n) is 2.54. The summed E-state index contributed by atoms with van der Waals surface area (Å²) in [5.74, 6) is 0. The highest BCUT2D eigenvalue weighted by Gasteiger charge is 2.27. The number of likely N-dealkylation sites (N-methyl/N-ethyl adjacent to an activating group) is 1. The van der Waals surface area contributed by atoms with Gasteiger partial charge >= 0.3 is 0 Å². The second-order valence-electron chi connectivity index (χ2n) is 5.46. The number of nitrogens with zero attached hydrogens (tertiary/aromatic N) is 1. The quantitative estimate of drug-likeness (QED) is 0.690. The van der Waals surface area contributed by atoms with Gasteiger partial charge in [-0.2, -0.15) is 0 Å². The first-order valence-electron chi connectivity index (χ1n) is 5.52. The van der Waals surface area contributed by atoms with Crippen molar-refractivity contribution in [3.05, 3.63) is 0 Å². The molecule has 3 heteroatoms. The van der Waals surface area contributed by atoms with Crippen LogP contribution in [0, 0.1) is 0 Å². The minimum atomic E-state index is -0.250. The number of hydrogen-bond donors (Lipinski definition) is 2. The molecule has 1 aliphatic rings. The SMILES string of the molecule is CN(CC(O)CNC(C)(C)C)C1CC1. The smallest absolute Gasteiger partial charge is 0.0791 e. The van der Waals surface area contributed by atoms with Crippen molar-refractivity contribution in [2.45, 2.75) is 51.3 Å². The van der Waals surface area contributed by atoms with E-state index in [-0.39, 0.29) is 11.6 Å². The molecule has 0 heterocycles. The molecule has 1 rings (SSSR count). The van der Waals surface area contributed by atoms with E-state index in [0.717, 1.165) is 12.6 Å². The van der Waals surface area contributed by atoms with Crippen molar-refractivity contribution in [3.63, 3.8) is 0 Å². The maximum Gasteiger partial charge on any atom is 0.0791 e. The van der Waals surface area contributed by atoms with Gasteiger partial charge in [-0.3, -0.25) is 0 Å². The summed E-state index contributed by atoms with van der Waals surface area (Å²) in [5, 5.41) is 13.1. The Morgan fingerprint density at radius 1 is 1.43 bits per heavy atom. The van der Waals surface area contributed by atoms with Crippen LogP contribution >= 0.6 is 0 Å². The van der Waals surface area contributed by atoms with Crippen LogP contribution in [0.2, 0.25) is 0 Å². The Morgan fingerprint density at radius 2 is 2.00 bits per heavy atom. The fourth-order valence-corrected chi connectivity index (χ4v) is 1.49. The minimum absolute atomic E-state index is 0.0964. The molecule has 14 heavy (non-hydrogen) atoms. The molecule has 0 saturated heterocycles. The molecule has 3 nitrogen and oxygen atoms in total. The van der Waals surface area contributed by atoms with Gasteiger partial charge in [0.05, 0.1) is 6.10 Å². The average molecular weight is 200 g/mol. The lowest BCUT2D eigenvalue weighted by atomic mass is 10.1. The summed E-state index contributed by atoms with van der Waals surface area (Å²) < 4.78 is 0. The summed E-state index contributed by atoms with van der Waals surface area (Å²) in [7, 11) is 2.10. The molecule has 2 N–H and O–H groups in total. The van der Waals surface area contributed by atoms with Crippen LogP contribution in [0.3, 0.4) is 0 Å². The Labute approximate surface area is 87.5 Å². The van der Waals surface area contributed by atoms with Crippen LogP contribution < -0.4 is 5.32 Å². The highest BCUT2D eigenvalue weighted by atomic mass is 16.3. The second-order valence-corrected chi connectivity index (χ2v) is 5.46. The van der Waals surface area contributed by atoms with E-state index >= 15 is 0 Å². The first-order valence-corrected chi connectivity index (χ1v) is 5.52. The average Bonchev–Trinajstić information content (AvgIpc) is 2.81. The van der Waals surface area contributed by atoms with E-state index in [0.29, 0.717) is 6.54 Å². The summed E-state index contributed by atoms with van der Waals surface area (Å²) in [5.41, 5.74) is 0.0964. The van der Waals surface area contributed by atoms with Crippen LogP contribution in [0.4, 0.5) is 0 Å². The number of aliphatic hydroxyl groups is 1. The van der Waals surface area contributed by atoms with Crippen LogP contribution in [-0.2, 0) is 0 Å². The Hall–Kier alpha value is -0.120. The fourth-order valence-electron chi connectivity index (χ4n) is 1.49. The third kappa shape index (κ3) is 4.94. The normalized spacial score (nSPS) is 20.1. The van der Waals surface area contributed by atoms with Crippen LogP contribution in [0.1, 0.15) is 33.6 Å². The fraction of sp³-hybridized carbons (Fsp3) is 1.00. The predicted octanol–water partition coefficient (Wildman–Crippen LogP) is 0.830. The van der Waals surface area contributed by atoms with Crippen molar-refractivity contribution in [3.8, 4) is 0 Å². The van der Waals surface area contributed by atoms with E-state index in [2.05, 4.69) is 38.0 Å². The van der Waals surface area contributed by atoms with Crippen LogP contribution in [0.15, 0.2) is 0 Å². The van der Waals surface area contributed by atoms with E-state index < -0.39 is 0 Å². The molecule has 1 saturated carbocycles. The maximum atomic E-state index is 9.76. The van der Waals surface area contributed by atoms with Gasteiger partial charge in [0.15, 0.2) is 0 Å². The number of β-amino-alcohol motifs (C(OH)–C–C–N with tert-alkyl or cyclic N) is 1. The molecule has 0 spiro atoms. The molecule has 0 aromatic carbocycles. The van der Waals surface area contributed by atoms with E-state index in [1.807, 2.05) is 0 Å². The first kappa shape index (κ1) is 12.0. The van der Waals surface area contributed by atoms with Crippen molar-refractivity contribution in [2.75, 3.05) is 20.1 Å². The predicted molar refractivity (Wildman–Crippen MR) is 59.4 cm³/mol. The van der Waals surface area contributed by atoms with Crippen LogP contribution in [-0.4, -0.2) is 47.8 Å². The zero-order chi connectivity index (χ0) is 10.8. The minimum Gasteiger partial charge on any atom is -0.390 e. The molecule has 0 aromatic rings. The lowest BCUT2D eigenvalue weighted by Crippen LogP contribution is -2.44. The van der Waals surface area contributed by atoms with Gasteiger partial charge in [0.25, 0.3) is 0 Å². The molecule has 84 valence electrons. The lowest BCUT2D eigenvalue weighted by molar-refractivity contribution is 0.114. The Balaban J connectivity index is 2.11. The largest absolute Gasteiger partial charge is 0.390 e. The highest BCUT2D eigenvalue weighted by molar-refractivity contribution is 4.84. The van der Waals surface area contributed by atoms with E-state index in [4.69, 9.17) is 0 Å². The topological polar surface area (TPSA) is 35.5 Å². The molecule has 0 radical (unpaired) electrons. The second kappa shape index (κ2) is 4.60. The van der Waals surface area contributed by atoms with Crippen LogP contribution in [0.25, 0.3) is 0 Å². The van der Waals surface area contributed by atoms with Crippen LogP contribution in [0.5, 0.6) is 0 Å². The van der Waals surface area contributed by atoms with Crippen molar-refractivity contribution in [1.29, 1.82) is 0 Å². The van der Waals surface area contributed by atoms with Gasteiger partial charge < -0.3 is 15.3 Å². The monoisotopic (exact) mass is 200 g/mol. The van der Waals surface area contributed by atoms with Gasteiger partial charge in [-0.1, -0.05) is 0 Å². The van der Waals surface area contributed by atoms with Crippen molar-refractivity contribution in [2.24, 2.45) is 0 Å². The Bertz CT molecular complexity index is 173. The number of rotatable bonds is 5. The highest BCUT2D eigenvalue weighted by Crippen LogP contribution is 2.25. The van der Waals surface area contributed by atoms with Crippen molar-refractivity contribution in [1.82, 2.24) is 10.2 Å². The van der Waals surface area contributed by atoms with Gasteiger partial charge in [-0.15, -0.1) is 0 Å². The number of hydrogen-bond acceptors (Lipinski definition) is 3. The summed E-state index contributed by atoms with van der Waals surface area (Å²) in [6.45, 7) is 7.81. The van der Waals surface area contributed by atoms with Gasteiger partial charge in [0.2, 0.25) is 0 Å².